The van der Waals surface area contributed by atoms with Crippen LogP contribution in [0.25, 0.3) is 0 Å². The van der Waals surface area contributed by atoms with Crippen LogP contribution in [0.15, 0.2) is 30.6 Å². The molecule has 1 rings (SSSR count). The summed E-state index contributed by atoms with van der Waals surface area (Å²) in [5, 5.41) is 0. The maximum absolute atomic E-state index is 2.44. The summed E-state index contributed by atoms with van der Waals surface area (Å²) in [5.74, 6) is 0.896. The minimum absolute atomic E-state index is 0.896. The fraction of sp³-hybridized carbons (Fsp3) is 0.792. The van der Waals surface area contributed by atoms with Crippen molar-refractivity contribution in [3.8, 4) is 0 Å². The number of hydrogen-bond donors (Lipinski definition) is 0. The summed E-state index contributed by atoms with van der Waals surface area (Å²) in [6.07, 6.45) is 25.9. The van der Waals surface area contributed by atoms with Gasteiger partial charge in [0.2, 0.25) is 0 Å². The molecular weight excluding hydrogens is 302 g/mol. The van der Waals surface area contributed by atoms with Gasteiger partial charge in [0, 0.05) is 18.6 Å². The largest absolute Gasteiger partial charge is 0.205 e. The number of unbranched alkanes of at least 4 members (excludes halogenated alkanes) is 11. The Morgan fingerprint density at radius 3 is 1.64 bits per heavy atom. The number of hydrogen-bond acceptors (Lipinski definition) is 0. The Morgan fingerprint density at radius 2 is 1.08 bits per heavy atom. The van der Waals surface area contributed by atoms with Crippen molar-refractivity contribution in [2.75, 3.05) is 0 Å². The highest BCUT2D eigenvalue weighted by molar-refractivity contribution is 4.83. The molecule has 0 amide bonds. The first-order valence-corrected chi connectivity index (χ1v) is 11.3. The van der Waals surface area contributed by atoms with Crippen molar-refractivity contribution in [3.05, 3.63) is 30.6 Å². The third-order valence-corrected chi connectivity index (χ3v) is 5.44. The molecule has 0 bridgehead atoms. The molecule has 1 aromatic rings. The SMILES string of the molecule is CCCCCCCCCCCCCCC(C)CCC[n+]1ccccc1. The fourth-order valence-electron chi connectivity index (χ4n) is 3.68. The molecule has 0 spiro atoms. The lowest BCUT2D eigenvalue weighted by Gasteiger charge is -2.10. The first-order valence-electron chi connectivity index (χ1n) is 11.3. The van der Waals surface area contributed by atoms with E-state index in [0.717, 1.165) is 5.92 Å². The topological polar surface area (TPSA) is 3.88 Å². The number of rotatable bonds is 17. The lowest BCUT2D eigenvalue weighted by molar-refractivity contribution is -0.697. The van der Waals surface area contributed by atoms with E-state index in [4.69, 9.17) is 0 Å². The molecule has 0 aromatic carbocycles. The Hall–Kier alpha value is -0.850. The van der Waals surface area contributed by atoms with E-state index in [1.54, 1.807) is 0 Å². The average molecular weight is 347 g/mol. The Kier molecular flexibility index (Phi) is 14.7. The summed E-state index contributed by atoms with van der Waals surface area (Å²) in [7, 11) is 0. The summed E-state index contributed by atoms with van der Waals surface area (Å²) in [4.78, 5) is 0. The summed E-state index contributed by atoms with van der Waals surface area (Å²) in [5.41, 5.74) is 0. The second-order valence-corrected chi connectivity index (χ2v) is 8.04. The molecule has 0 N–H and O–H groups in total. The molecule has 0 saturated carbocycles. The molecule has 25 heavy (non-hydrogen) atoms. The van der Waals surface area contributed by atoms with Crippen LogP contribution < -0.4 is 4.57 Å². The van der Waals surface area contributed by atoms with Gasteiger partial charge in [-0.2, -0.15) is 0 Å². The van der Waals surface area contributed by atoms with Gasteiger partial charge in [-0.05, 0) is 12.3 Å². The van der Waals surface area contributed by atoms with Crippen molar-refractivity contribution in [2.24, 2.45) is 5.92 Å². The second kappa shape index (κ2) is 16.6. The average Bonchev–Trinajstić information content (AvgIpc) is 2.63. The smallest absolute Gasteiger partial charge is 0.168 e. The van der Waals surface area contributed by atoms with Crippen LogP contribution in [-0.2, 0) is 6.54 Å². The summed E-state index contributed by atoms with van der Waals surface area (Å²) < 4.78 is 2.30. The number of pyridine rings is 1. The van der Waals surface area contributed by atoms with Crippen LogP contribution in [0, 0.1) is 5.92 Å². The van der Waals surface area contributed by atoms with Gasteiger partial charge in [0.05, 0.1) is 0 Å². The first kappa shape index (κ1) is 22.2. The van der Waals surface area contributed by atoms with Crippen molar-refractivity contribution >= 4 is 0 Å². The van der Waals surface area contributed by atoms with Gasteiger partial charge in [-0.25, -0.2) is 4.57 Å². The molecule has 1 atom stereocenters. The molecule has 0 fully saturated rings. The Balaban J connectivity index is 1.80. The van der Waals surface area contributed by atoms with E-state index in [0.29, 0.717) is 0 Å². The van der Waals surface area contributed by atoms with Gasteiger partial charge in [-0.1, -0.05) is 103 Å². The fourth-order valence-corrected chi connectivity index (χ4v) is 3.68. The molecule has 0 aliphatic carbocycles. The maximum Gasteiger partial charge on any atom is 0.168 e. The lowest BCUT2D eigenvalue weighted by Crippen LogP contribution is -2.32. The van der Waals surface area contributed by atoms with Gasteiger partial charge in [-0.15, -0.1) is 0 Å². The van der Waals surface area contributed by atoms with Crippen molar-refractivity contribution in [1.82, 2.24) is 0 Å². The van der Waals surface area contributed by atoms with Crippen molar-refractivity contribution < 1.29 is 4.57 Å². The van der Waals surface area contributed by atoms with Gasteiger partial charge in [0.25, 0.3) is 0 Å². The molecule has 1 heterocycles. The van der Waals surface area contributed by atoms with E-state index in [-0.39, 0.29) is 0 Å². The molecule has 144 valence electrons. The molecule has 0 saturated heterocycles. The highest BCUT2D eigenvalue weighted by Crippen LogP contribution is 2.17. The normalized spacial score (nSPS) is 12.4. The zero-order chi connectivity index (χ0) is 18.0. The van der Waals surface area contributed by atoms with E-state index in [9.17, 15) is 0 Å². The van der Waals surface area contributed by atoms with E-state index in [1.165, 1.54) is 103 Å². The third kappa shape index (κ3) is 14.0. The maximum atomic E-state index is 2.44. The molecule has 0 aliphatic rings. The zero-order valence-electron chi connectivity index (χ0n) is 17.2. The van der Waals surface area contributed by atoms with Crippen molar-refractivity contribution in [2.45, 2.75) is 117 Å². The Morgan fingerprint density at radius 1 is 0.600 bits per heavy atom. The van der Waals surface area contributed by atoms with Gasteiger partial charge >= 0.3 is 0 Å². The van der Waals surface area contributed by atoms with Gasteiger partial charge in [0.15, 0.2) is 12.4 Å². The van der Waals surface area contributed by atoms with Gasteiger partial charge in [0.1, 0.15) is 6.54 Å². The lowest BCUT2D eigenvalue weighted by atomic mass is 9.97. The van der Waals surface area contributed by atoms with Crippen LogP contribution >= 0.6 is 0 Å². The Labute approximate surface area is 158 Å². The summed E-state index contributed by atoms with van der Waals surface area (Å²) in [6.45, 7) is 5.91. The Bertz CT molecular complexity index is 373. The van der Waals surface area contributed by atoms with Crippen LogP contribution in [0.1, 0.15) is 110 Å². The molecule has 1 nitrogen and oxygen atoms in total. The van der Waals surface area contributed by atoms with Crippen LogP contribution in [0.3, 0.4) is 0 Å². The second-order valence-electron chi connectivity index (χ2n) is 8.04. The molecule has 0 aliphatic heterocycles. The molecule has 1 unspecified atom stereocenters. The van der Waals surface area contributed by atoms with Crippen LogP contribution in [0.4, 0.5) is 0 Å². The third-order valence-electron chi connectivity index (χ3n) is 5.44. The highest BCUT2D eigenvalue weighted by atomic mass is 14.9. The standard InChI is InChI=1S/C24H44N/c1-3-4-5-6-7-8-9-10-11-12-13-15-19-24(2)20-18-23-25-21-16-14-17-22-25/h14,16-17,21-22,24H,3-13,15,18-20,23H2,1-2H3/q+1. The predicted molar refractivity (Wildman–Crippen MR) is 111 cm³/mol. The molecule has 0 radical (unpaired) electrons. The number of aromatic nitrogens is 1. The van der Waals surface area contributed by atoms with Crippen LogP contribution in [0.2, 0.25) is 0 Å². The summed E-state index contributed by atoms with van der Waals surface area (Å²) >= 11 is 0. The number of aryl methyl sites for hydroxylation is 1. The van der Waals surface area contributed by atoms with E-state index >= 15 is 0 Å². The summed E-state index contributed by atoms with van der Waals surface area (Å²) in [6, 6.07) is 6.33. The molecule has 1 heteroatoms. The van der Waals surface area contributed by atoms with E-state index < -0.39 is 0 Å². The first-order chi connectivity index (χ1) is 12.3. The predicted octanol–water partition coefficient (Wildman–Crippen LogP) is 7.48. The van der Waals surface area contributed by atoms with Gasteiger partial charge in [-0.3, -0.25) is 0 Å². The highest BCUT2D eigenvalue weighted by Gasteiger charge is 2.04. The van der Waals surface area contributed by atoms with E-state index in [1.807, 2.05) is 0 Å². The van der Waals surface area contributed by atoms with Crippen LogP contribution in [-0.4, -0.2) is 0 Å². The van der Waals surface area contributed by atoms with Crippen molar-refractivity contribution in [3.63, 3.8) is 0 Å². The van der Waals surface area contributed by atoms with Gasteiger partial charge < -0.3 is 0 Å². The monoisotopic (exact) mass is 346 g/mol. The van der Waals surface area contributed by atoms with Crippen molar-refractivity contribution in [1.29, 1.82) is 0 Å². The minimum Gasteiger partial charge on any atom is -0.205 e. The van der Waals surface area contributed by atoms with E-state index in [2.05, 4.69) is 49.0 Å². The molecule has 1 aromatic heterocycles. The minimum atomic E-state index is 0.896. The molecular formula is C24H44N+. The zero-order valence-corrected chi connectivity index (χ0v) is 17.2. The number of nitrogens with zero attached hydrogens (tertiary/aromatic N) is 1. The quantitative estimate of drug-likeness (QED) is 0.203. The van der Waals surface area contributed by atoms with Crippen LogP contribution in [0.5, 0.6) is 0 Å².